The van der Waals surface area contributed by atoms with Crippen LogP contribution in [-0.4, -0.2) is 19.3 Å². The molecule has 13 heavy (non-hydrogen) atoms. The Morgan fingerprint density at radius 1 is 1.54 bits per heavy atom. The van der Waals surface area contributed by atoms with E-state index in [-0.39, 0.29) is 6.04 Å². The summed E-state index contributed by atoms with van der Waals surface area (Å²) in [6.07, 6.45) is 5.37. The molecule has 0 bridgehead atoms. The van der Waals surface area contributed by atoms with Gasteiger partial charge in [0.15, 0.2) is 0 Å². The largest absolute Gasteiger partial charge is 0.312 e. The first-order valence-electron chi connectivity index (χ1n) is 4.58. The summed E-state index contributed by atoms with van der Waals surface area (Å²) >= 11 is 0. The molecule has 0 spiro atoms. The van der Waals surface area contributed by atoms with Crippen molar-refractivity contribution in [2.24, 2.45) is 0 Å². The summed E-state index contributed by atoms with van der Waals surface area (Å²) in [6.45, 7) is 8.14. The Morgan fingerprint density at radius 3 is 2.54 bits per heavy atom. The predicted molar refractivity (Wildman–Crippen MR) is 59.4 cm³/mol. The normalized spacial score (nSPS) is 11.9. The van der Waals surface area contributed by atoms with Crippen LogP contribution in [0.4, 0.5) is 0 Å². The summed E-state index contributed by atoms with van der Waals surface area (Å²) in [5.41, 5.74) is 2.49. The van der Waals surface area contributed by atoms with Gasteiger partial charge in [-0.25, -0.2) is 0 Å². The first-order chi connectivity index (χ1) is 6.10. The van der Waals surface area contributed by atoms with Gasteiger partial charge in [-0.15, -0.1) is 0 Å². The van der Waals surface area contributed by atoms with Crippen molar-refractivity contribution in [3.05, 3.63) is 23.8 Å². The molecule has 0 aliphatic carbocycles. The van der Waals surface area contributed by atoms with E-state index in [9.17, 15) is 0 Å². The number of rotatable bonds is 6. The second-order valence-electron chi connectivity index (χ2n) is 3.50. The quantitative estimate of drug-likeness (QED) is 0.478. The molecule has 0 rings (SSSR count). The highest BCUT2D eigenvalue weighted by atomic mass is 14.9. The van der Waals surface area contributed by atoms with Gasteiger partial charge in [0, 0.05) is 12.3 Å². The Morgan fingerprint density at radius 2 is 2.15 bits per heavy atom. The van der Waals surface area contributed by atoms with Gasteiger partial charge in [0.2, 0.25) is 0 Å². The van der Waals surface area contributed by atoms with Crippen molar-refractivity contribution in [3.63, 3.8) is 0 Å². The van der Waals surface area contributed by atoms with Crippen LogP contribution < -0.4 is 5.32 Å². The summed E-state index contributed by atoms with van der Waals surface area (Å²) in [6, 6.07) is 0.137. The molecule has 0 aromatic carbocycles. The third-order valence-corrected chi connectivity index (χ3v) is 1.88. The summed E-state index contributed by atoms with van der Waals surface area (Å²) in [5.74, 6) is 0. The third kappa shape index (κ3) is 6.29. The molecule has 0 fully saturated rings. The summed E-state index contributed by atoms with van der Waals surface area (Å²) < 4.78 is 0. The average molecular weight is 180 g/mol. The minimum Gasteiger partial charge on any atom is -0.312 e. The zero-order valence-corrected chi connectivity index (χ0v) is 8.85. The molecule has 2 N–H and O–H groups in total. The summed E-state index contributed by atoms with van der Waals surface area (Å²) in [7, 11) is 1.86. The van der Waals surface area contributed by atoms with E-state index in [2.05, 4.69) is 31.8 Å². The van der Waals surface area contributed by atoms with Crippen LogP contribution in [0.25, 0.3) is 0 Å². The second-order valence-corrected chi connectivity index (χ2v) is 3.50. The molecular formula is C11H20N2. The monoisotopic (exact) mass is 180 g/mol. The van der Waals surface area contributed by atoms with E-state index in [0.717, 1.165) is 12.8 Å². The Balaban J connectivity index is 3.86. The highest BCUT2D eigenvalue weighted by Crippen LogP contribution is 2.08. The fourth-order valence-corrected chi connectivity index (χ4v) is 0.987. The van der Waals surface area contributed by atoms with E-state index in [1.807, 2.05) is 7.05 Å². The van der Waals surface area contributed by atoms with Crippen LogP contribution in [0.5, 0.6) is 0 Å². The second kappa shape index (κ2) is 6.61. The van der Waals surface area contributed by atoms with Crippen molar-refractivity contribution >= 4 is 6.21 Å². The molecule has 0 radical (unpaired) electrons. The van der Waals surface area contributed by atoms with Gasteiger partial charge < -0.3 is 10.7 Å². The Labute approximate surface area is 81.2 Å². The van der Waals surface area contributed by atoms with Crippen molar-refractivity contribution < 1.29 is 0 Å². The Kier molecular flexibility index (Phi) is 6.15. The van der Waals surface area contributed by atoms with Crippen LogP contribution in [0.1, 0.15) is 26.7 Å². The van der Waals surface area contributed by atoms with Crippen LogP contribution in [0, 0.1) is 5.41 Å². The van der Waals surface area contributed by atoms with E-state index in [4.69, 9.17) is 5.41 Å². The lowest BCUT2D eigenvalue weighted by Gasteiger charge is -2.10. The molecule has 0 aliphatic rings. The number of hydrogen-bond donors (Lipinski definition) is 2. The van der Waals surface area contributed by atoms with Crippen LogP contribution in [0.3, 0.4) is 0 Å². The predicted octanol–water partition coefficient (Wildman–Crippen LogP) is 2.53. The van der Waals surface area contributed by atoms with Crippen LogP contribution >= 0.6 is 0 Å². The van der Waals surface area contributed by atoms with Crippen LogP contribution in [-0.2, 0) is 0 Å². The van der Waals surface area contributed by atoms with Crippen molar-refractivity contribution in [2.45, 2.75) is 32.7 Å². The smallest absolute Gasteiger partial charge is 0.0452 e. The lowest BCUT2D eigenvalue weighted by atomic mass is 10.0. The summed E-state index contributed by atoms with van der Waals surface area (Å²) in [5, 5.41) is 10.2. The maximum absolute atomic E-state index is 7.13. The molecule has 0 aliphatic heterocycles. The molecule has 0 heterocycles. The molecule has 1 atom stereocenters. The molecule has 0 amide bonds. The lowest BCUT2D eigenvalue weighted by Crippen LogP contribution is -2.26. The number of allylic oxidation sites excluding steroid dienone is 2. The van der Waals surface area contributed by atoms with Crippen molar-refractivity contribution in [2.75, 3.05) is 7.05 Å². The standard InChI is InChI=1S/C11H20N2/c1-9(2)5-6-10(3)7-11(8-12)13-4/h5,8,11-13H,3,6-7H2,1-2,4H3. The van der Waals surface area contributed by atoms with E-state index < -0.39 is 0 Å². The molecule has 2 nitrogen and oxygen atoms in total. The fourth-order valence-electron chi connectivity index (χ4n) is 0.987. The first-order valence-corrected chi connectivity index (χ1v) is 4.58. The minimum absolute atomic E-state index is 0.137. The van der Waals surface area contributed by atoms with Gasteiger partial charge in [-0.1, -0.05) is 23.8 Å². The van der Waals surface area contributed by atoms with E-state index in [0.29, 0.717) is 0 Å². The van der Waals surface area contributed by atoms with Crippen LogP contribution in [0.2, 0.25) is 0 Å². The molecular weight excluding hydrogens is 160 g/mol. The van der Waals surface area contributed by atoms with Gasteiger partial charge >= 0.3 is 0 Å². The highest BCUT2D eigenvalue weighted by molar-refractivity contribution is 5.61. The zero-order chi connectivity index (χ0) is 10.3. The lowest BCUT2D eigenvalue weighted by molar-refractivity contribution is 0.694. The highest BCUT2D eigenvalue weighted by Gasteiger charge is 2.02. The maximum atomic E-state index is 7.13. The third-order valence-electron chi connectivity index (χ3n) is 1.88. The van der Waals surface area contributed by atoms with Crippen molar-refractivity contribution in [1.29, 1.82) is 5.41 Å². The SMILES string of the molecule is C=C(CC=C(C)C)CC(C=N)NC. The molecule has 2 heteroatoms. The van der Waals surface area contributed by atoms with Crippen molar-refractivity contribution in [3.8, 4) is 0 Å². The Bertz CT molecular complexity index is 200. The fraction of sp³-hybridized carbons (Fsp3) is 0.545. The van der Waals surface area contributed by atoms with Gasteiger partial charge in [-0.2, -0.15) is 0 Å². The van der Waals surface area contributed by atoms with Crippen molar-refractivity contribution in [1.82, 2.24) is 5.32 Å². The average Bonchev–Trinajstić information content (AvgIpc) is 2.10. The van der Waals surface area contributed by atoms with Gasteiger partial charge in [-0.3, -0.25) is 0 Å². The van der Waals surface area contributed by atoms with Gasteiger partial charge in [0.25, 0.3) is 0 Å². The topological polar surface area (TPSA) is 35.9 Å². The van der Waals surface area contributed by atoms with Gasteiger partial charge in [0.1, 0.15) is 0 Å². The molecule has 0 saturated heterocycles. The van der Waals surface area contributed by atoms with Crippen LogP contribution in [0.15, 0.2) is 23.8 Å². The Hall–Kier alpha value is -0.890. The molecule has 0 aromatic rings. The van der Waals surface area contributed by atoms with Gasteiger partial charge in [0.05, 0.1) is 0 Å². The summed E-state index contributed by atoms with van der Waals surface area (Å²) in [4.78, 5) is 0. The molecule has 74 valence electrons. The maximum Gasteiger partial charge on any atom is 0.0452 e. The molecule has 1 unspecified atom stereocenters. The zero-order valence-electron chi connectivity index (χ0n) is 8.85. The first kappa shape index (κ1) is 12.1. The molecule has 0 aromatic heterocycles. The van der Waals surface area contributed by atoms with Gasteiger partial charge in [-0.05, 0) is 33.7 Å². The minimum atomic E-state index is 0.137. The van der Waals surface area contributed by atoms with E-state index >= 15 is 0 Å². The number of hydrogen-bond acceptors (Lipinski definition) is 2. The van der Waals surface area contributed by atoms with E-state index in [1.54, 1.807) is 0 Å². The number of nitrogens with one attached hydrogen (secondary N) is 2. The molecule has 0 saturated carbocycles. The van der Waals surface area contributed by atoms with E-state index in [1.165, 1.54) is 17.4 Å².